The molecule has 1 aromatic rings. The molecule has 1 aliphatic heterocycles. The van der Waals surface area contributed by atoms with E-state index in [1.165, 1.54) is 24.3 Å². The van der Waals surface area contributed by atoms with E-state index in [0.717, 1.165) is 23.9 Å². The van der Waals surface area contributed by atoms with Gasteiger partial charge in [0.05, 0.1) is 10.6 Å². The molecule has 6 heteroatoms. The van der Waals surface area contributed by atoms with Crippen LogP contribution in [0.15, 0.2) is 4.90 Å². The second kappa shape index (κ2) is 7.40. The van der Waals surface area contributed by atoms with Crippen molar-refractivity contribution in [3.8, 4) is 0 Å². The van der Waals surface area contributed by atoms with E-state index >= 15 is 0 Å². The molecule has 0 saturated carbocycles. The summed E-state index contributed by atoms with van der Waals surface area (Å²) in [5.41, 5.74) is 6.85. The van der Waals surface area contributed by atoms with Crippen molar-refractivity contribution in [2.75, 3.05) is 36.5 Å². The van der Waals surface area contributed by atoms with Gasteiger partial charge in [0.1, 0.15) is 9.88 Å². The van der Waals surface area contributed by atoms with Crippen LogP contribution in [-0.4, -0.2) is 31.8 Å². The van der Waals surface area contributed by atoms with E-state index in [4.69, 9.17) is 5.73 Å². The van der Waals surface area contributed by atoms with Crippen LogP contribution in [0.2, 0.25) is 0 Å². The molecule has 0 atom stereocenters. The molecule has 118 valence electrons. The summed E-state index contributed by atoms with van der Waals surface area (Å²) in [4.78, 5) is 16.3. The van der Waals surface area contributed by atoms with E-state index in [0.29, 0.717) is 17.1 Å². The largest absolute Gasteiger partial charge is 0.396 e. The van der Waals surface area contributed by atoms with Gasteiger partial charge in [0.15, 0.2) is 0 Å². The molecule has 2 heterocycles. The second-order valence-corrected chi connectivity index (χ2v) is 7.20. The van der Waals surface area contributed by atoms with E-state index in [1.54, 1.807) is 23.1 Å². The highest BCUT2D eigenvalue weighted by atomic mass is 32.2. The summed E-state index contributed by atoms with van der Waals surface area (Å²) in [5, 5.41) is 4.03. The molecule has 1 amide bonds. The summed E-state index contributed by atoms with van der Waals surface area (Å²) in [5.74, 6) is 0.796. The Kier molecular flexibility index (Phi) is 5.81. The van der Waals surface area contributed by atoms with Crippen LogP contribution in [0.5, 0.6) is 0 Å². The number of amides is 1. The fourth-order valence-corrected chi connectivity index (χ4v) is 4.93. The molecule has 21 heavy (non-hydrogen) atoms. The van der Waals surface area contributed by atoms with Gasteiger partial charge in [-0.05, 0) is 31.9 Å². The third-order valence-corrected chi connectivity index (χ3v) is 6.32. The van der Waals surface area contributed by atoms with Crippen LogP contribution in [-0.2, 0) is 0 Å². The van der Waals surface area contributed by atoms with Crippen LogP contribution in [0.3, 0.4) is 0 Å². The van der Waals surface area contributed by atoms with Gasteiger partial charge >= 0.3 is 0 Å². The number of rotatable bonds is 5. The number of hydrogen-bond acceptors (Lipinski definition) is 5. The number of carbonyl (C=O) groups is 1. The van der Waals surface area contributed by atoms with Gasteiger partial charge in [0, 0.05) is 19.6 Å². The van der Waals surface area contributed by atoms with Gasteiger partial charge in [-0.15, -0.1) is 23.1 Å². The number of piperidine rings is 1. The molecular formula is C15H25N3OS2. The lowest BCUT2D eigenvalue weighted by Crippen LogP contribution is -2.33. The zero-order valence-electron chi connectivity index (χ0n) is 13.1. The van der Waals surface area contributed by atoms with Crippen molar-refractivity contribution in [2.45, 2.75) is 38.0 Å². The molecule has 3 N–H and O–H groups in total. The standard InChI is InChI=1S/C15H25N3OS2/c1-4-10-6-8-18(9-7-10)15-13(20-3)11(16)12(21-15)14(19)17-5-2/h10H,4-9,16H2,1-3H3,(H,17,19). The number of anilines is 2. The molecule has 0 bridgehead atoms. The van der Waals surface area contributed by atoms with Crippen molar-refractivity contribution in [3.05, 3.63) is 4.88 Å². The Balaban J connectivity index is 2.23. The van der Waals surface area contributed by atoms with Crippen LogP contribution in [0.25, 0.3) is 0 Å². The lowest BCUT2D eigenvalue weighted by molar-refractivity contribution is 0.0960. The Bertz CT molecular complexity index is 493. The normalized spacial score (nSPS) is 16.2. The fourth-order valence-electron chi connectivity index (χ4n) is 2.78. The number of hydrogen-bond donors (Lipinski definition) is 2. The first-order valence-corrected chi connectivity index (χ1v) is 9.65. The summed E-state index contributed by atoms with van der Waals surface area (Å²) < 4.78 is 0. The molecule has 1 fully saturated rings. The Morgan fingerprint density at radius 2 is 2.10 bits per heavy atom. The van der Waals surface area contributed by atoms with Crippen LogP contribution >= 0.6 is 23.1 Å². The van der Waals surface area contributed by atoms with Gasteiger partial charge in [0.25, 0.3) is 5.91 Å². The maximum Gasteiger partial charge on any atom is 0.263 e. The van der Waals surface area contributed by atoms with Crippen molar-refractivity contribution in [1.82, 2.24) is 5.32 Å². The highest BCUT2D eigenvalue weighted by Gasteiger charge is 2.26. The predicted octanol–water partition coefficient (Wildman–Crippen LogP) is 3.43. The maximum atomic E-state index is 12.1. The summed E-state index contributed by atoms with van der Waals surface area (Å²) in [7, 11) is 0. The summed E-state index contributed by atoms with van der Waals surface area (Å²) in [6, 6.07) is 0. The van der Waals surface area contributed by atoms with Gasteiger partial charge in [-0.3, -0.25) is 4.79 Å². The van der Waals surface area contributed by atoms with Crippen molar-refractivity contribution in [1.29, 1.82) is 0 Å². The van der Waals surface area contributed by atoms with Crippen LogP contribution in [0, 0.1) is 5.92 Å². The lowest BCUT2D eigenvalue weighted by Gasteiger charge is -2.32. The average Bonchev–Trinajstić information content (AvgIpc) is 2.84. The summed E-state index contributed by atoms with van der Waals surface area (Å²) in [6.45, 7) is 6.96. The number of carbonyl (C=O) groups excluding carboxylic acids is 1. The number of nitrogens with one attached hydrogen (secondary N) is 1. The monoisotopic (exact) mass is 327 g/mol. The Morgan fingerprint density at radius 3 is 2.62 bits per heavy atom. The number of nitrogen functional groups attached to an aromatic ring is 1. The van der Waals surface area contributed by atoms with Crippen LogP contribution < -0.4 is 16.0 Å². The summed E-state index contributed by atoms with van der Waals surface area (Å²) in [6.07, 6.45) is 5.76. The number of nitrogens with zero attached hydrogens (tertiary/aromatic N) is 1. The molecule has 0 radical (unpaired) electrons. The Morgan fingerprint density at radius 1 is 1.43 bits per heavy atom. The minimum atomic E-state index is -0.0509. The molecule has 0 unspecified atom stereocenters. The second-order valence-electron chi connectivity index (χ2n) is 5.38. The minimum absolute atomic E-state index is 0.0509. The fraction of sp³-hybridized carbons (Fsp3) is 0.667. The van der Waals surface area contributed by atoms with E-state index in [2.05, 4.69) is 17.1 Å². The molecule has 1 saturated heterocycles. The number of thioether (sulfide) groups is 1. The zero-order chi connectivity index (χ0) is 15.4. The van der Waals surface area contributed by atoms with Crippen molar-refractivity contribution < 1.29 is 4.79 Å². The number of thiophene rings is 1. The van der Waals surface area contributed by atoms with E-state index in [1.807, 2.05) is 13.2 Å². The number of nitrogens with two attached hydrogens (primary N) is 1. The van der Waals surface area contributed by atoms with Gasteiger partial charge in [-0.25, -0.2) is 0 Å². The topological polar surface area (TPSA) is 58.4 Å². The van der Waals surface area contributed by atoms with E-state index in [9.17, 15) is 4.79 Å². The molecular weight excluding hydrogens is 302 g/mol. The summed E-state index contributed by atoms with van der Waals surface area (Å²) >= 11 is 3.18. The SMILES string of the molecule is CCNC(=O)c1sc(N2CCC(CC)CC2)c(SC)c1N. The third kappa shape index (κ3) is 3.48. The minimum Gasteiger partial charge on any atom is -0.396 e. The van der Waals surface area contributed by atoms with Crippen molar-refractivity contribution in [2.24, 2.45) is 5.92 Å². The third-order valence-electron chi connectivity index (χ3n) is 4.11. The molecule has 1 aromatic heterocycles. The van der Waals surface area contributed by atoms with E-state index in [-0.39, 0.29) is 5.91 Å². The molecule has 0 aliphatic carbocycles. The average molecular weight is 328 g/mol. The van der Waals surface area contributed by atoms with Crippen LogP contribution in [0.1, 0.15) is 42.8 Å². The van der Waals surface area contributed by atoms with Crippen molar-refractivity contribution >= 4 is 39.7 Å². The first-order chi connectivity index (χ1) is 10.1. The maximum absolute atomic E-state index is 12.1. The quantitative estimate of drug-likeness (QED) is 0.814. The molecule has 2 rings (SSSR count). The predicted molar refractivity (Wildman–Crippen MR) is 93.7 cm³/mol. The Labute approximate surface area is 135 Å². The first-order valence-electron chi connectivity index (χ1n) is 7.61. The van der Waals surface area contributed by atoms with Crippen LogP contribution in [0.4, 0.5) is 10.7 Å². The highest BCUT2D eigenvalue weighted by Crippen LogP contribution is 2.44. The van der Waals surface area contributed by atoms with Gasteiger partial charge in [-0.1, -0.05) is 13.3 Å². The zero-order valence-corrected chi connectivity index (χ0v) is 14.7. The van der Waals surface area contributed by atoms with Gasteiger partial charge in [-0.2, -0.15) is 0 Å². The smallest absolute Gasteiger partial charge is 0.263 e. The van der Waals surface area contributed by atoms with Crippen molar-refractivity contribution in [3.63, 3.8) is 0 Å². The molecule has 4 nitrogen and oxygen atoms in total. The Hall–Kier alpha value is -0.880. The first kappa shape index (κ1) is 16.5. The van der Waals surface area contributed by atoms with Gasteiger partial charge < -0.3 is 16.0 Å². The lowest BCUT2D eigenvalue weighted by atomic mass is 9.95. The highest BCUT2D eigenvalue weighted by molar-refractivity contribution is 7.99. The van der Waals surface area contributed by atoms with Gasteiger partial charge in [0.2, 0.25) is 0 Å². The van der Waals surface area contributed by atoms with E-state index < -0.39 is 0 Å². The molecule has 0 spiro atoms. The molecule has 1 aliphatic rings. The molecule has 0 aromatic carbocycles.